The van der Waals surface area contributed by atoms with E-state index in [-0.39, 0.29) is 5.56 Å². The lowest BCUT2D eigenvalue weighted by molar-refractivity contribution is 0.122. The second-order valence-corrected chi connectivity index (χ2v) is 8.94. The topological polar surface area (TPSA) is 73.1 Å². The predicted octanol–water partition coefficient (Wildman–Crippen LogP) is 4.42. The molecule has 3 aromatic heterocycles. The summed E-state index contributed by atoms with van der Waals surface area (Å²) in [4.78, 5) is 28.6. The van der Waals surface area contributed by atoms with Gasteiger partial charge in [0.1, 0.15) is 28.7 Å². The molecule has 1 saturated heterocycles. The van der Waals surface area contributed by atoms with Gasteiger partial charge in [0.25, 0.3) is 5.56 Å². The summed E-state index contributed by atoms with van der Waals surface area (Å²) in [7, 11) is 0. The van der Waals surface area contributed by atoms with Crippen molar-refractivity contribution in [3.8, 4) is 11.3 Å². The highest BCUT2D eigenvalue weighted by Gasteiger charge is 2.23. The first kappa shape index (κ1) is 23.4. The van der Waals surface area contributed by atoms with Crippen molar-refractivity contribution in [2.45, 2.75) is 26.3 Å². The molecule has 5 heterocycles. The summed E-state index contributed by atoms with van der Waals surface area (Å²) in [5, 5.41) is 0.773. The molecule has 2 aliphatic heterocycles. The largest absolute Gasteiger partial charge is 0.378 e. The Labute approximate surface area is 207 Å². The minimum absolute atomic E-state index is 0.0926. The smallest absolute Gasteiger partial charge is 0.261 e. The van der Waals surface area contributed by atoms with Crippen molar-refractivity contribution in [2.24, 2.45) is 0 Å². The number of benzene rings is 1. The first-order chi connectivity index (χ1) is 17.0. The fraction of sp³-hybridized carbons (Fsp3) is 0.308. The molecule has 1 aromatic carbocycles. The van der Waals surface area contributed by atoms with Crippen molar-refractivity contribution in [3.63, 3.8) is 0 Å². The standard InChI is InChI=1S/C20H18ClFN4O2.C6H7N/c21-12-3-4-13(15(22)10-12)18-19-14(20(27)26-5-1-2-16(26)23-19)11-17(24-18)25-6-8-28-9-7-25;1-6-4-2-3-5-7-6/h3-4,10-11H,1-2,5-9H2;2-5H,1H3. The van der Waals surface area contributed by atoms with Crippen LogP contribution in [0.15, 0.2) is 53.5 Å². The van der Waals surface area contributed by atoms with Crippen LogP contribution in [0.5, 0.6) is 0 Å². The van der Waals surface area contributed by atoms with E-state index in [2.05, 4.69) is 9.88 Å². The highest BCUT2D eigenvalue weighted by atomic mass is 35.5. The third-order valence-electron chi connectivity index (χ3n) is 6.12. The second kappa shape index (κ2) is 10.1. The van der Waals surface area contributed by atoms with E-state index >= 15 is 0 Å². The normalized spacial score (nSPS) is 15.0. The number of nitrogens with zero attached hydrogens (tertiary/aromatic N) is 5. The quantitative estimate of drug-likeness (QED) is 0.411. The summed E-state index contributed by atoms with van der Waals surface area (Å²) in [6.45, 7) is 5.15. The Morgan fingerprint density at radius 3 is 2.57 bits per heavy atom. The molecule has 7 nitrogen and oxygen atoms in total. The highest BCUT2D eigenvalue weighted by Crippen LogP contribution is 2.32. The summed E-state index contributed by atoms with van der Waals surface area (Å²) < 4.78 is 21.9. The zero-order chi connectivity index (χ0) is 24.4. The van der Waals surface area contributed by atoms with Gasteiger partial charge in [0.05, 0.1) is 18.6 Å². The van der Waals surface area contributed by atoms with E-state index in [1.807, 2.05) is 25.1 Å². The van der Waals surface area contributed by atoms with Crippen LogP contribution in [0, 0.1) is 12.7 Å². The van der Waals surface area contributed by atoms with E-state index in [1.54, 1.807) is 29.0 Å². The van der Waals surface area contributed by atoms with Crippen LogP contribution in [0.3, 0.4) is 0 Å². The summed E-state index contributed by atoms with van der Waals surface area (Å²) >= 11 is 5.93. The Morgan fingerprint density at radius 1 is 1.06 bits per heavy atom. The van der Waals surface area contributed by atoms with Crippen LogP contribution in [0.4, 0.5) is 10.2 Å². The molecule has 0 bridgehead atoms. The Hall–Kier alpha value is -3.36. The fourth-order valence-electron chi connectivity index (χ4n) is 4.34. The van der Waals surface area contributed by atoms with Crippen molar-refractivity contribution in [1.29, 1.82) is 0 Å². The molecule has 2 aliphatic rings. The molecule has 0 N–H and O–H groups in total. The number of anilines is 1. The minimum Gasteiger partial charge on any atom is -0.378 e. The van der Waals surface area contributed by atoms with Gasteiger partial charge in [0.2, 0.25) is 0 Å². The van der Waals surface area contributed by atoms with Gasteiger partial charge in [-0.2, -0.15) is 0 Å². The van der Waals surface area contributed by atoms with Crippen LogP contribution in [0.1, 0.15) is 17.9 Å². The molecule has 1 fully saturated rings. The van der Waals surface area contributed by atoms with Gasteiger partial charge in [-0.3, -0.25) is 14.3 Å². The van der Waals surface area contributed by atoms with Crippen molar-refractivity contribution >= 4 is 28.3 Å². The average molecular weight is 494 g/mol. The average Bonchev–Trinajstić information content (AvgIpc) is 3.35. The zero-order valence-corrected chi connectivity index (χ0v) is 20.1. The second-order valence-electron chi connectivity index (χ2n) is 8.51. The molecule has 0 aliphatic carbocycles. The van der Waals surface area contributed by atoms with Crippen molar-refractivity contribution in [3.05, 3.63) is 81.4 Å². The van der Waals surface area contributed by atoms with Gasteiger partial charge in [-0.1, -0.05) is 17.7 Å². The molecule has 0 amide bonds. The van der Waals surface area contributed by atoms with Crippen LogP contribution in [-0.4, -0.2) is 45.8 Å². The number of hydrogen-bond acceptors (Lipinski definition) is 6. The molecule has 6 rings (SSSR count). The first-order valence-electron chi connectivity index (χ1n) is 11.6. The maximum atomic E-state index is 14.7. The third kappa shape index (κ3) is 4.90. The molecule has 0 spiro atoms. The van der Waals surface area contributed by atoms with E-state index in [4.69, 9.17) is 26.3 Å². The van der Waals surface area contributed by atoms with E-state index in [9.17, 15) is 9.18 Å². The fourth-order valence-corrected chi connectivity index (χ4v) is 4.50. The van der Waals surface area contributed by atoms with Gasteiger partial charge in [-0.25, -0.2) is 14.4 Å². The van der Waals surface area contributed by atoms with Gasteiger partial charge in [-0.15, -0.1) is 0 Å². The lowest BCUT2D eigenvalue weighted by atomic mass is 10.1. The van der Waals surface area contributed by atoms with Crippen LogP contribution < -0.4 is 10.5 Å². The van der Waals surface area contributed by atoms with Gasteiger partial charge < -0.3 is 9.64 Å². The maximum absolute atomic E-state index is 14.7. The van der Waals surface area contributed by atoms with Gasteiger partial charge in [0, 0.05) is 48.5 Å². The molecule has 0 radical (unpaired) electrons. The number of halogens is 2. The Balaban J connectivity index is 0.000000313. The number of aromatic nitrogens is 4. The Kier molecular flexibility index (Phi) is 6.74. The molecule has 0 saturated carbocycles. The molecule has 180 valence electrons. The van der Waals surface area contributed by atoms with Crippen molar-refractivity contribution < 1.29 is 9.13 Å². The molecule has 9 heteroatoms. The number of hydrogen-bond donors (Lipinski definition) is 0. The summed E-state index contributed by atoms with van der Waals surface area (Å²) in [6.07, 6.45) is 3.40. The van der Waals surface area contributed by atoms with Crippen LogP contribution in [-0.2, 0) is 17.7 Å². The summed E-state index contributed by atoms with van der Waals surface area (Å²) in [5.74, 6) is 0.884. The van der Waals surface area contributed by atoms with E-state index in [0.29, 0.717) is 65.8 Å². The van der Waals surface area contributed by atoms with Gasteiger partial charge in [-0.05, 0) is 49.7 Å². The van der Waals surface area contributed by atoms with Crippen molar-refractivity contribution in [1.82, 2.24) is 19.5 Å². The van der Waals surface area contributed by atoms with Crippen LogP contribution >= 0.6 is 11.6 Å². The van der Waals surface area contributed by atoms with Crippen LogP contribution in [0.2, 0.25) is 5.02 Å². The monoisotopic (exact) mass is 493 g/mol. The number of morpholine rings is 1. The predicted molar refractivity (Wildman–Crippen MR) is 135 cm³/mol. The Bertz CT molecular complexity index is 1420. The van der Waals surface area contributed by atoms with Crippen LogP contribution in [0.25, 0.3) is 22.2 Å². The lowest BCUT2D eigenvalue weighted by Gasteiger charge is -2.28. The number of fused-ring (bicyclic) bond motifs is 2. The SMILES string of the molecule is Cc1ccccn1.O=c1c2cc(N3CCOCC3)nc(-c3ccc(Cl)cc3F)c2nc2n1CCC2. The molecule has 35 heavy (non-hydrogen) atoms. The molecule has 4 aromatic rings. The minimum atomic E-state index is -0.483. The van der Waals surface area contributed by atoms with Gasteiger partial charge in [0.15, 0.2) is 0 Å². The molecular formula is C26H25ClFN5O2. The van der Waals surface area contributed by atoms with Gasteiger partial charge >= 0.3 is 0 Å². The number of ether oxygens (including phenoxy) is 1. The lowest BCUT2D eigenvalue weighted by Crippen LogP contribution is -2.37. The number of aryl methyl sites for hydroxylation is 2. The summed E-state index contributed by atoms with van der Waals surface area (Å²) in [5.41, 5.74) is 2.09. The summed E-state index contributed by atoms with van der Waals surface area (Å²) in [6, 6.07) is 12.1. The number of pyridine rings is 2. The van der Waals surface area contributed by atoms with Crippen molar-refractivity contribution in [2.75, 3.05) is 31.2 Å². The first-order valence-corrected chi connectivity index (χ1v) is 12.0. The molecule has 0 unspecified atom stereocenters. The van der Waals surface area contributed by atoms with E-state index in [0.717, 1.165) is 24.4 Å². The molecule has 0 atom stereocenters. The number of rotatable bonds is 2. The Morgan fingerprint density at radius 2 is 1.89 bits per heavy atom. The van der Waals surface area contributed by atoms with E-state index in [1.165, 1.54) is 6.07 Å². The van der Waals surface area contributed by atoms with E-state index < -0.39 is 5.82 Å². The highest BCUT2D eigenvalue weighted by molar-refractivity contribution is 6.30. The zero-order valence-electron chi connectivity index (χ0n) is 19.4. The molecular weight excluding hydrogens is 469 g/mol. The third-order valence-corrected chi connectivity index (χ3v) is 6.36. The maximum Gasteiger partial charge on any atom is 0.261 e.